The maximum Gasteiger partial charge on any atom is 0.251 e. The Labute approximate surface area is 330 Å². The highest BCUT2D eigenvalue weighted by molar-refractivity contribution is 6.98. The quantitative estimate of drug-likeness (QED) is 0.162. The zero-order valence-electron chi connectivity index (χ0n) is 31.6. The third-order valence-corrected chi connectivity index (χ3v) is 13.2. The van der Waals surface area contributed by atoms with E-state index in [2.05, 4.69) is 199 Å². The van der Waals surface area contributed by atoms with Crippen LogP contribution in [0.1, 0.15) is 25.0 Å². The van der Waals surface area contributed by atoms with Crippen LogP contribution in [0.3, 0.4) is 0 Å². The molecule has 0 radical (unpaired) electrons. The fourth-order valence-corrected chi connectivity index (χ4v) is 10.9. The van der Waals surface area contributed by atoms with Crippen LogP contribution in [-0.2, 0) is 5.41 Å². The predicted octanol–water partition coefficient (Wildman–Crippen LogP) is 11.4. The SMILES string of the molecule is CC1(C)c2ccccc2B2c3cc(-n4c5ccccc5c5ccccc54)c4ccccc4c3Oc3c2c1c(-n1c2ccccc2c2ccccc21)c1ccccc31. The zero-order chi connectivity index (χ0) is 37.6. The fourth-order valence-electron chi connectivity index (χ4n) is 10.9. The van der Waals surface area contributed by atoms with Gasteiger partial charge in [0.2, 0.25) is 0 Å². The van der Waals surface area contributed by atoms with Gasteiger partial charge in [-0.1, -0.05) is 165 Å². The smallest absolute Gasteiger partial charge is 0.251 e. The van der Waals surface area contributed by atoms with E-state index in [-0.39, 0.29) is 12.1 Å². The Morgan fingerprint density at radius 2 is 0.860 bits per heavy atom. The summed E-state index contributed by atoms with van der Waals surface area (Å²) in [5, 5.41) is 9.65. The van der Waals surface area contributed by atoms with Gasteiger partial charge in [0.25, 0.3) is 6.71 Å². The van der Waals surface area contributed by atoms with E-state index in [9.17, 15) is 0 Å². The van der Waals surface area contributed by atoms with E-state index in [4.69, 9.17) is 4.74 Å². The number of hydrogen-bond acceptors (Lipinski definition) is 1. The second kappa shape index (κ2) is 11.1. The predicted molar refractivity (Wildman–Crippen MR) is 240 cm³/mol. The van der Waals surface area contributed by atoms with Crippen molar-refractivity contribution in [1.29, 1.82) is 0 Å². The number of hydrogen-bond donors (Lipinski definition) is 0. The van der Waals surface area contributed by atoms with Gasteiger partial charge in [-0.15, -0.1) is 0 Å². The number of ether oxygens (including phenoxy) is 1. The molecular formula is C53H35BN2O. The Morgan fingerprint density at radius 1 is 0.421 bits per heavy atom. The molecule has 2 aliphatic heterocycles. The topological polar surface area (TPSA) is 19.1 Å². The monoisotopic (exact) mass is 726 g/mol. The van der Waals surface area contributed by atoms with E-state index < -0.39 is 0 Å². The lowest BCUT2D eigenvalue weighted by Gasteiger charge is -2.44. The zero-order valence-corrected chi connectivity index (χ0v) is 31.6. The van der Waals surface area contributed by atoms with Crippen molar-refractivity contribution in [2.45, 2.75) is 19.3 Å². The summed E-state index contributed by atoms with van der Waals surface area (Å²) < 4.78 is 12.6. The van der Waals surface area contributed by atoms with Gasteiger partial charge in [-0.3, -0.25) is 0 Å². The minimum atomic E-state index is -0.351. The van der Waals surface area contributed by atoms with Gasteiger partial charge in [-0.05, 0) is 52.4 Å². The number of nitrogens with zero attached hydrogens (tertiary/aromatic N) is 2. The van der Waals surface area contributed by atoms with Crippen molar-refractivity contribution in [1.82, 2.24) is 9.13 Å². The molecule has 0 spiro atoms. The molecule has 0 atom stereocenters. The molecule has 0 amide bonds. The van der Waals surface area contributed by atoms with Crippen LogP contribution in [0.15, 0.2) is 176 Å². The number of para-hydroxylation sites is 4. The van der Waals surface area contributed by atoms with Crippen LogP contribution in [0.2, 0.25) is 0 Å². The summed E-state index contributed by atoms with van der Waals surface area (Å²) >= 11 is 0. The highest BCUT2D eigenvalue weighted by Crippen LogP contribution is 2.49. The van der Waals surface area contributed by atoms with Crippen molar-refractivity contribution < 1.29 is 4.74 Å². The van der Waals surface area contributed by atoms with Gasteiger partial charge >= 0.3 is 0 Å². The summed E-state index contributed by atoms with van der Waals surface area (Å²) in [7, 11) is 0. The molecule has 0 saturated carbocycles. The lowest BCUT2D eigenvalue weighted by molar-refractivity contribution is 0.495. The van der Waals surface area contributed by atoms with Gasteiger partial charge in [0.1, 0.15) is 11.5 Å². The minimum Gasteiger partial charge on any atom is -0.457 e. The first-order valence-corrected chi connectivity index (χ1v) is 20.0. The molecule has 9 aromatic carbocycles. The van der Waals surface area contributed by atoms with E-state index in [1.165, 1.54) is 93.3 Å². The van der Waals surface area contributed by atoms with Crippen LogP contribution in [0.4, 0.5) is 0 Å². The first kappa shape index (κ1) is 31.2. The molecule has 4 heteroatoms. The van der Waals surface area contributed by atoms with Crippen molar-refractivity contribution >= 4 is 88.3 Å². The van der Waals surface area contributed by atoms with Crippen LogP contribution in [0.5, 0.6) is 11.5 Å². The lowest BCUT2D eigenvalue weighted by atomic mass is 9.30. The average Bonchev–Trinajstić information content (AvgIpc) is 3.77. The van der Waals surface area contributed by atoms with Gasteiger partial charge in [0.05, 0.1) is 33.4 Å². The highest BCUT2D eigenvalue weighted by Gasteiger charge is 2.48. The summed E-state index contributed by atoms with van der Waals surface area (Å²) in [5.41, 5.74) is 13.4. The molecule has 57 heavy (non-hydrogen) atoms. The molecule has 2 aromatic heterocycles. The van der Waals surface area contributed by atoms with Gasteiger partial charge in [0, 0.05) is 48.5 Å². The molecule has 0 bridgehead atoms. The third kappa shape index (κ3) is 3.92. The fraction of sp³-hybridized carbons (Fsp3) is 0.0566. The average molecular weight is 727 g/mol. The van der Waals surface area contributed by atoms with Gasteiger partial charge in [-0.2, -0.15) is 0 Å². The van der Waals surface area contributed by atoms with E-state index in [0.29, 0.717) is 0 Å². The van der Waals surface area contributed by atoms with Crippen LogP contribution in [0, 0.1) is 0 Å². The van der Waals surface area contributed by atoms with E-state index >= 15 is 0 Å². The largest absolute Gasteiger partial charge is 0.457 e. The summed E-state index contributed by atoms with van der Waals surface area (Å²) in [6.07, 6.45) is 0. The third-order valence-electron chi connectivity index (χ3n) is 13.2. The second-order valence-corrected chi connectivity index (χ2v) is 16.4. The molecule has 0 saturated heterocycles. The Morgan fingerprint density at radius 3 is 1.44 bits per heavy atom. The summed E-state index contributed by atoms with van der Waals surface area (Å²) in [4.78, 5) is 0. The number of fused-ring (bicyclic) bond motifs is 14. The van der Waals surface area contributed by atoms with E-state index in [1.807, 2.05) is 0 Å². The molecule has 0 aliphatic carbocycles. The Hall–Kier alpha value is -7.04. The molecule has 0 N–H and O–H groups in total. The summed E-state index contributed by atoms with van der Waals surface area (Å²) in [5.74, 6) is 1.92. The van der Waals surface area contributed by atoms with Crippen molar-refractivity contribution in [3.63, 3.8) is 0 Å². The molecule has 11 aromatic rings. The Balaban J connectivity index is 1.22. The Kier molecular flexibility index (Phi) is 6.05. The second-order valence-electron chi connectivity index (χ2n) is 16.4. The van der Waals surface area contributed by atoms with Crippen LogP contribution in [-0.4, -0.2) is 15.8 Å². The minimum absolute atomic E-state index is 0.0594. The van der Waals surface area contributed by atoms with Crippen molar-refractivity contribution in [3.8, 4) is 22.9 Å². The summed E-state index contributed by atoms with van der Waals surface area (Å²) in [6.45, 7) is 4.78. The number of benzene rings is 9. The first-order valence-electron chi connectivity index (χ1n) is 20.0. The van der Waals surface area contributed by atoms with Crippen molar-refractivity contribution in [2.75, 3.05) is 0 Å². The first-order chi connectivity index (χ1) is 28.1. The van der Waals surface area contributed by atoms with Crippen LogP contribution in [0.25, 0.3) is 76.5 Å². The van der Waals surface area contributed by atoms with Gasteiger partial charge in [0.15, 0.2) is 0 Å². The van der Waals surface area contributed by atoms with E-state index in [0.717, 1.165) is 22.3 Å². The Bertz CT molecular complexity index is 3440. The van der Waals surface area contributed by atoms with Crippen molar-refractivity contribution in [3.05, 3.63) is 187 Å². The van der Waals surface area contributed by atoms with Gasteiger partial charge in [-0.25, -0.2) is 0 Å². The molecule has 2 aliphatic rings. The number of rotatable bonds is 2. The normalized spacial score (nSPS) is 14.0. The molecule has 3 nitrogen and oxygen atoms in total. The molecule has 13 rings (SSSR count). The van der Waals surface area contributed by atoms with Crippen LogP contribution < -0.4 is 21.1 Å². The molecular weight excluding hydrogens is 691 g/mol. The molecule has 0 fully saturated rings. The highest BCUT2D eigenvalue weighted by atomic mass is 16.5. The maximum atomic E-state index is 7.54. The summed E-state index contributed by atoms with van der Waals surface area (Å²) in [6, 6.07) is 64.8. The number of aromatic nitrogens is 2. The molecule has 266 valence electrons. The molecule has 4 heterocycles. The standard InChI is InChI=1S/C53H35BN2O/c1-53(2)40-25-11-12-26-41(40)54-42-31-47(55-43-27-13-7-17-32(43)33-18-8-14-28-44(33)55)36-21-3-5-23-38(36)51(42)57-52-39-24-6-4-22-37(39)50(48(53)49(52)54)56-45-29-15-9-19-34(45)35-20-10-16-30-46(35)56/h3-31H,1-2H3. The van der Waals surface area contributed by atoms with Crippen molar-refractivity contribution in [2.24, 2.45) is 0 Å². The maximum absolute atomic E-state index is 7.54. The molecule has 0 unspecified atom stereocenters. The lowest BCUT2D eigenvalue weighted by Crippen LogP contribution is -2.63. The van der Waals surface area contributed by atoms with E-state index in [1.54, 1.807) is 0 Å². The van der Waals surface area contributed by atoms with Gasteiger partial charge < -0.3 is 13.9 Å². The van der Waals surface area contributed by atoms with Crippen LogP contribution >= 0.6 is 0 Å².